The third-order valence-electron chi connectivity index (χ3n) is 2.30. The Balaban J connectivity index is 2.24. The number of carbonyl (C=O) groups is 1. The van der Waals surface area contributed by atoms with Gasteiger partial charge < -0.3 is 16.2 Å². The van der Waals surface area contributed by atoms with Crippen LogP contribution in [0.5, 0.6) is 5.75 Å². The van der Waals surface area contributed by atoms with E-state index >= 15 is 0 Å². The fourth-order valence-electron chi connectivity index (χ4n) is 1.41. The second kappa shape index (κ2) is 4.70. The fourth-order valence-corrected chi connectivity index (χ4v) is 1.41. The number of aromatic hydroxyl groups is 1. The van der Waals surface area contributed by atoms with E-state index in [-0.39, 0.29) is 17.0 Å². The first-order chi connectivity index (χ1) is 8.58. The van der Waals surface area contributed by atoms with Gasteiger partial charge in [0.15, 0.2) is 5.82 Å². The maximum absolute atomic E-state index is 13.3. The van der Waals surface area contributed by atoms with Crippen LogP contribution in [0.4, 0.5) is 15.8 Å². The summed E-state index contributed by atoms with van der Waals surface area (Å²) in [5.74, 6) is -1.36. The van der Waals surface area contributed by atoms with E-state index < -0.39 is 11.7 Å². The number of nitrogens with two attached hydrogens (primary N) is 1. The van der Waals surface area contributed by atoms with E-state index in [1.165, 1.54) is 30.5 Å². The van der Waals surface area contributed by atoms with Gasteiger partial charge in [0.1, 0.15) is 5.75 Å². The van der Waals surface area contributed by atoms with Gasteiger partial charge in [-0.1, -0.05) is 0 Å². The molecule has 0 aliphatic heterocycles. The monoisotopic (exact) mass is 247 g/mol. The Morgan fingerprint density at radius 3 is 2.83 bits per heavy atom. The van der Waals surface area contributed by atoms with E-state index in [4.69, 9.17) is 5.73 Å². The summed E-state index contributed by atoms with van der Waals surface area (Å²) in [6.45, 7) is 0. The van der Waals surface area contributed by atoms with Gasteiger partial charge >= 0.3 is 0 Å². The zero-order chi connectivity index (χ0) is 13.1. The zero-order valence-electron chi connectivity index (χ0n) is 9.22. The van der Waals surface area contributed by atoms with Crippen molar-refractivity contribution in [1.29, 1.82) is 0 Å². The Morgan fingerprint density at radius 1 is 1.39 bits per heavy atom. The Bertz CT molecular complexity index is 602. The Labute approximate surface area is 102 Å². The van der Waals surface area contributed by atoms with Gasteiger partial charge in [0.25, 0.3) is 5.91 Å². The number of hydrogen-bond donors (Lipinski definition) is 3. The number of aromatic nitrogens is 1. The third kappa shape index (κ3) is 2.37. The van der Waals surface area contributed by atoms with Crippen molar-refractivity contribution >= 4 is 17.3 Å². The molecule has 0 saturated carbocycles. The number of nitrogens with zero attached hydrogens (tertiary/aromatic N) is 1. The van der Waals surface area contributed by atoms with E-state index in [9.17, 15) is 14.3 Å². The number of rotatable bonds is 2. The van der Waals surface area contributed by atoms with Crippen molar-refractivity contribution < 1.29 is 14.3 Å². The van der Waals surface area contributed by atoms with Gasteiger partial charge in [-0.25, -0.2) is 4.39 Å². The van der Waals surface area contributed by atoms with E-state index in [0.29, 0.717) is 5.69 Å². The highest BCUT2D eigenvalue weighted by atomic mass is 19.1. The average molecular weight is 247 g/mol. The number of amides is 1. The molecule has 5 nitrogen and oxygen atoms in total. The summed E-state index contributed by atoms with van der Waals surface area (Å²) in [5.41, 5.74) is 5.97. The van der Waals surface area contributed by atoms with Crippen LogP contribution in [-0.4, -0.2) is 16.0 Å². The van der Waals surface area contributed by atoms with E-state index in [1.54, 1.807) is 0 Å². The SMILES string of the molecule is Nc1cc(O)ccc1NC(=O)c1ccncc1F. The first-order valence-electron chi connectivity index (χ1n) is 5.07. The number of phenolic OH excluding ortho intramolecular Hbond substituents is 1. The maximum Gasteiger partial charge on any atom is 0.258 e. The molecule has 0 radical (unpaired) electrons. The van der Waals surface area contributed by atoms with Gasteiger partial charge in [0, 0.05) is 12.3 Å². The quantitative estimate of drug-likeness (QED) is 0.557. The molecule has 92 valence electrons. The summed E-state index contributed by atoms with van der Waals surface area (Å²) < 4.78 is 13.3. The standard InChI is InChI=1S/C12H10FN3O2/c13-9-6-15-4-3-8(9)12(18)16-11-2-1-7(17)5-10(11)14/h1-6,17H,14H2,(H,16,18). The van der Waals surface area contributed by atoms with Crippen LogP contribution in [0.25, 0.3) is 0 Å². The molecule has 1 amide bonds. The number of benzene rings is 1. The molecule has 2 rings (SSSR count). The van der Waals surface area contributed by atoms with Crippen LogP contribution in [0, 0.1) is 5.82 Å². The van der Waals surface area contributed by atoms with E-state index in [2.05, 4.69) is 10.3 Å². The van der Waals surface area contributed by atoms with Crippen molar-refractivity contribution in [3.05, 3.63) is 48.0 Å². The summed E-state index contributed by atoms with van der Waals surface area (Å²) in [6.07, 6.45) is 2.27. The number of nitrogen functional groups attached to an aromatic ring is 1. The Kier molecular flexibility index (Phi) is 3.09. The molecule has 6 heteroatoms. The van der Waals surface area contributed by atoms with Crippen molar-refractivity contribution in [2.24, 2.45) is 0 Å². The molecule has 0 fully saturated rings. The highest BCUT2D eigenvalue weighted by Gasteiger charge is 2.12. The molecule has 1 aromatic carbocycles. The summed E-state index contributed by atoms with van der Waals surface area (Å²) in [7, 11) is 0. The smallest absolute Gasteiger partial charge is 0.258 e. The maximum atomic E-state index is 13.3. The summed E-state index contributed by atoms with van der Waals surface area (Å²) >= 11 is 0. The van der Waals surface area contributed by atoms with Crippen LogP contribution < -0.4 is 11.1 Å². The number of halogens is 1. The van der Waals surface area contributed by atoms with Crippen molar-refractivity contribution in [1.82, 2.24) is 4.98 Å². The number of anilines is 2. The largest absolute Gasteiger partial charge is 0.508 e. The molecule has 1 heterocycles. The predicted octanol–water partition coefficient (Wildman–Crippen LogP) is 1.76. The lowest BCUT2D eigenvalue weighted by Gasteiger charge is -2.08. The second-order valence-corrected chi connectivity index (χ2v) is 3.58. The van der Waals surface area contributed by atoms with E-state index in [0.717, 1.165) is 6.20 Å². The molecule has 0 spiro atoms. The lowest BCUT2D eigenvalue weighted by Crippen LogP contribution is -2.14. The lowest BCUT2D eigenvalue weighted by atomic mass is 10.2. The topological polar surface area (TPSA) is 88.2 Å². The average Bonchev–Trinajstić information content (AvgIpc) is 2.33. The van der Waals surface area contributed by atoms with Gasteiger partial charge in [-0.05, 0) is 18.2 Å². The van der Waals surface area contributed by atoms with Crippen LogP contribution in [0.15, 0.2) is 36.7 Å². The molecular weight excluding hydrogens is 237 g/mol. The number of nitrogens with one attached hydrogen (secondary N) is 1. The fraction of sp³-hybridized carbons (Fsp3) is 0. The highest BCUT2D eigenvalue weighted by Crippen LogP contribution is 2.23. The summed E-state index contributed by atoms with van der Waals surface area (Å²) in [4.78, 5) is 15.3. The molecule has 2 aromatic rings. The summed E-state index contributed by atoms with van der Waals surface area (Å²) in [6, 6.07) is 5.36. The van der Waals surface area contributed by atoms with Crippen LogP contribution in [-0.2, 0) is 0 Å². The predicted molar refractivity (Wildman–Crippen MR) is 64.7 cm³/mol. The van der Waals surface area contributed by atoms with Crippen LogP contribution in [0.1, 0.15) is 10.4 Å². The lowest BCUT2D eigenvalue weighted by molar-refractivity contribution is 0.102. The van der Waals surface area contributed by atoms with Crippen molar-refractivity contribution in [2.75, 3.05) is 11.1 Å². The minimum atomic E-state index is -0.715. The Hall–Kier alpha value is -2.63. The molecule has 0 atom stereocenters. The first-order valence-corrected chi connectivity index (χ1v) is 5.07. The van der Waals surface area contributed by atoms with Crippen molar-refractivity contribution in [3.8, 4) is 5.75 Å². The molecule has 4 N–H and O–H groups in total. The molecule has 0 aliphatic rings. The van der Waals surface area contributed by atoms with Crippen LogP contribution in [0.2, 0.25) is 0 Å². The molecule has 1 aromatic heterocycles. The summed E-state index contributed by atoms with van der Waals surface area (Å²) in [5, 5.41) is 11.6. The second-order valence-electron chi connectivity index (χ2n) is 3.58. The van der Waals surface area contributed by atoms with Gasteiger partial charge in [0.2, 0.25) is 0 Å². The molecule has 0 saturated heterocycles. The van der Waals surface area contributed by atoms with Gasteiger partial charge in [0.05, 0.1) is 23.1 Å². The molecule has 0 bridgehead atoms. The molecular formula is C12H10FN3O2. The molecule has 0 aliphatic carbocycles. The van der Waals surface area contributed by atoms with Crippen molar-refractivity contribution in [2.45, 2.75) is 0 Å². The number of carbonyl (C=O) groups excluding carboxylic acids is 1. The number of hydrogen-bond acceptors (Lipinski definition) is 4. The number of pyridine rings is 1. The van der Waals surface area contributed by atoms with E-state index in [1.807, 2.05) is 0 Å². The minimum Gasteiger partial charge on any atom is -0.508 e. The normalized spacial score (nSPS) is 10.1. The number of phenols is 1. The third-order valence-corrected chi connectivity index (χ3v) is 2.30. The first kappa shape index (κ1) is 11.8. The molecule has 18 heavy (non-hydrogen) atoms. The minimum absolute atomic E-state index is 0.0133. The van der Waals surface area contributed by atoms with Gasteiger partial charge in [-0.15, -0.1) is 0 Å². The molecule has 0 unspecified atom stereocenters. The van der Waals surface area contributed by atoms with Crippen molar-refractivity contribution in [3.63, 3.8) is 0 Å². The van der Waals surface area contributed by atoms with Gasteiger partial charge in [-0.2, -0.15) is 0 Å². The Morgan fingerprint density at radius 2 is 2.17 bits per heavy atom. The van der Waals surface area contributed by atoms with Gasteiger partial charge in [-0.3, -0.25) is 9.78 Å². The van der Waals surface area contributed by atoms with Crippen LogP contribution >= 0.6 is 0 Å². The highest BCUT2D eigenvalue weighted by molar-refractivity contribution is 6.05. The zero-order valence-corrected chi connectivity index (χ0v) is 9.22. The van der Waals surface area contributed by atoms with Crippen LogP contribution in [0.3, 0.4) is 0 Å².